The lowest BCUT2D eigenvalue weighted by molar-refractivity contribution is 0.106. The Kier molecular flexibility index (Phi) is 3.06. The second kappa shape index (κ2) is 4.49. The summed E-state index contributed by atoms with van der Waals surface area (Å²) in [5.74, 6) is 0.294. The van der Waals surface area contributed by atoms with E-state index in [1.807, 2.05) is 41.8 Å². The first-order valence-corrected chi connectivity index (χ1v) is 5.42. The summed E-state index contributed by atoms with van der Waals surface area (Å²) in [5, 5.41) is -0.524. The highest BCUT2D eigenvalue weighted by molar-refractivity contribution is 6.67. The van der Waals surface area contributed by atoms with Gasteiger partial charge < -0.3 is 4.57 Å². The molecule has 0 saturated carbocycles. The Bertz CT molecular complexity index is 505. The molecule has 0 atom stereocenters. The van der Waals surface area contributed by atoms with Gasteiger partial charge in [0.15, 0.2) is 5.82 Å². The summed E-state index contributed by atoms with van der Waals surface area (Å²) in [5.41, 5.74) is 1.94. The molecule has 0 fully saturated rings. The van der Waals surface area contributed by atoms with Crippen LogP contribution in [-0.4, -0.2) is 14.8 Å². The van der Waals surface area contributed by atoms with Crippen LogP contribution in [0.5, 0.6) is 0 Å². The van der Waals surface area contributed by atoms with E-state index in [4.69, 9.17) is 11.6 Å². The highest BCUT2D eigenvalue weighted by Crippen LogP contribution is 2.21. The molecule has 0 amide bonds. The minimum atomic E-state index is -0.524. The summed E-state index contributed by atoms with van der Waals surface area (Å²) in [6.07, 6.45) is 1.68. The quantitative estimate of drug-likeness (QED) is 0.766. The molecule has 0 aliphatic carbocycles. The van der Waals surface area contributed by atoms with E-state index in [0.717, 1.165) is 11.3 Å². The van der Waals surface area contributed by atoms with Crippen LogP contribution in [0.2, 0.25) is 0 Å². The van der Waals surface area contributed by atoms with Crippen LogP contribution in [0.25, 0.3) is 11.3 Å². The molecule has 1 heterocycles. The van der Waals surface area contributed by atoms with Gasteiger partial charge in [-0.2, -0.15) is 0 Å². The van der Waals surface area contributed by atoms with Gasteiger partial charge in [0, 0.05) is 6.54 Å². The number of imidazole rings is 1. The van der Waals surface area contributed by atoms with Crippen LogP contribution in [0.15, 0.2) is 36.5 Å². The molecule has 2 aromatic rings. The van der Waals surface area contributed by atoms with Crippen LogP contribution >= 0.6 is 11.6 Å². The first-order chi connectivity index (χ1) is 7.74. The van der Waals surface area contributed by atoms with E-state index >= 15 is 0 Å². The van der Waals surface area contributed by atoms with Crippen molar-refractivity contribution in [2.24, 2.45) is 0 Å². The molecule has 16 heavy (non-hydrogen) atoms. The van der Waals surface area contributed by atoms with E-state index in [9.17, 15) is 4.79 Å². The van der Waals surface area contributed by atoms with Crippen LogP contribution < -0.4 is 0 Å². The zero-order valence-corrected chi connectivity index (χ0v) is 9.61. The number of rotatable bonds is 3. The van der Waals surface area contributed by atoms with Gasteiger partial charge in [-0.25, -0.2) is 4.98 Å². The monoisotopic (exact) mass is 234 g/mol. The van der Waals surface area contributed by atoms with Crippen molar-refractivity contribution in [1.82, 2.24) is 9.55 Å². The Morgan fingerprint density at radius 1 is 1.38 bits per heavy atom. The lowest BCUT2D eigenvalue weighted by atomic mass is 10.2. The molecule has 0 unspecified atom stereocenters. The molecule has 0 spiro atoms. The van der Waals surface area contributed by atoms with Gasteiger partial charge >= 0.3 is 0 Å². The number of nitrogens with zero attached hydrogens (tertiary/aromatic N) is 2. The summed E-state index contributed by atoms with van der Waals surface area (Å²) in [6, 6.07) is 9.80. The van der Waals surface area contributed by atoms with Crippen molar-refractivity contribution in [3.63, 3.8) is 0 Å². The Morgan fingerprint density at radius 2 is 2.06 bits per heavy atom. The van der Waals surface area contributed by atoms with Crippen molar-refractivity contribution in [2.45, 2.75) is 13.5 Å². The van der Waals surface area contributed by atoms with Gasteiger partial charge in [-0.1, -0.05) is 30.3 Å². The maximum Gasteiger partial charge on any atom is 0.288 e. The number of aromatic nitrogens is 2. The first kappa shape index (κ1) is 10.9. The largest absolute Gasteiger partial charge is 0.321 e. The Hall–Kier alpha value is -1.61. The first-order valence-electron chi connectivity index (χ1n) is 5.04. The summed E-state index contributed by atoms with van der Waals surface area (Å²) in [7, 11) is 0. The number of hydrogen-bond acceptors (Lipinski definition) is 2. The highest BCUT2D eigenvalue weighted by atomic mass is 35.5. The van der Waals surface area contributed by atoms with Gasteiger partial charge in [-0.15, -0.1) is 0 Å². The predicted octanol–water partition coefficient (Wildman–Crippen LogP) is 2.95. The van der Waals surface area contributed by atoms with Crippen LogP contribution in [0.3, 0.4) is 0 Å². The third-order valence-corrected chi connectivity index (χ3v) is 2.59. The van der Waals surface area contributed by atoms with Crippen molar-refractivity contribution in [1.29, 1.82) is 0 Å². The average molecular weight is 235 g/mol. The molecule has 1 aromatic heterocycles. The Balaban J connectivity index is 2.54. The standard InChI is InChI=1S/C12H11ClN2O/c1-2-15-10(8-14-12(15)11(13)16)9-6-4-3-5-7-9/h3-8H,2H2,1H3. The highest BCUT2D eigenvalue weighted by Gasteiger charge is 2.14. The SMILES string of the molecule is CCn1c(-c2ccccc2)cnc1C(=O)Cl. The molecule has 1 aromatic carbocycles. The molecular formula is C12H11ClN2O. The maximum absolute atomic E-state index is 11.2. The summed E-state index contributed by atoms with van der Waals surface area (Å²) < 4.78 is 1.81. The fourth-order valence-corrected chi connectivity index (χ4v) is 1.84. The van der Waals surface area contributed by atoms with Crippen molar-refractivity contribution >= 4 is 16.8 Å². The van der Waals surface area contributed by atoms with Crippen LogP contribution in [0.4, 0.5) is 0 Å². The smallest absolute Gasteiger partial charge is 0.288 e. The van der Waals surface area contributed by atoms with E-state index in [0.29, 0.717) is 12.4 Å². The fraction of sp³-hybridized carbons (Fsp3) is 0.167. The van der Waals surface area contributed by atoms with Crippen LogP contribution in [-0.2, 0) is 6.54 Å². The number of benzene rings is 1. The number of halogens is 1. The topological polar surface area (TPSA) is 34.9 Å². The van der Waals surface area contributed by atoms with Gasteiger partial charge in [-0.3, -0.25) is 4.79 Å². The van der Waals surface area contributed by atoms with E-state index in [2.05, 4.69) is 4.98 Å². The third-order valence-electron chi connectivity index (χ3n) is 2.42. The normalized spacial score (nSPS) is 10.4. The van der Waals surface area contributed by atoms with Gasteiger partial charge in [0.1, 0.15) is 0 Å². The van der Waals surface area contributed by atoms with Crippen molar-refractivity contribution in [2.75, 3.05) is 0 Å². The third kappa shape index (κ3) is 1.86. The molecule has 0 N–H and O–H groups in total. The molecule has 0 aliphatic heterocycles. The molecular weight excluding hydrogens is 224 g/mol. The minimum Gasteiger partial charge on any atom is -0.321 e. The summed E-state index contributed by atoms with van der Waals surface area (Å²) >= 11 is 5.47. The Morgan fingerprint density at radius 3 is 2.62 bits per heavy atom. The number of carbonyl (C=O) groups excluding carboxylic acids is 1. The van der Waals surface area contributed by atoms with Gasteiger partial charge in [0.05, 0.1) is 11.9 Å². The van der Waals surface area contributed by atoms with Gasteiger partial charge in [0.25, 0.3) is 5.24 Å². The minimum absolute atomic E-state index is 0.294. The Labute approximate surface area is 98.7 Å². The van der Waals surface area contributed by atoms with E-state index in [-0.39, 0.29) is 0 Å². The molecule has 0 saturated heterocycles. The lowest BCUT2D eigenvalue weighted by Crippen LogP contribution is -2.06. The van der Waals surface area contributed by atoms with E-state index < -0.39 is 5.24 Å². The van der Waals surface area contributed by atoms with Crippen LogP contribution in [0.1, 0.15) is 17.5 Å². The molecule has 0 radical (unpaired) electrons. The molecule has 3 nitrogen and oxygen atoms in total. The molecule has 4 heteroatoms. The second-order valence-corrected chi connectivity index (χ2v) is 3.69. The van der Waals surface area contributed by atoms with Gasteiger partial charge in [-0.05, 0) is 24.1 Å². The second-order valence-electron chi connectivity index (χ2n) is 3.35. The van der Waals surface area contributed by atoms with Crippen molar-refractivity contribution in [3.8, 4) is 11.3 Å². The average Bonchev–Trinajstić information content (AvgIpc) is 2.73. The molecule has 0 aliphatic rings. The molecule has 0 bridgehead atoms. The maximum atomic E-state index is 11.2. The van der Waals surface area contributed by atoms with E-state index in [1.54, 1.807) is 6.20 Å². The van der Waals surface area contributed by atoms with E-state index in [1.165, 1.54) is 0 Å². The summed E-state index contributed by atoms with van der Waals surface area (Å²) in [4.78, 5) is 15.2. The number of carbonyl (C=O) groups is 1. The van der Waals surface area contributed by atoms with Crippen molar-refractivity contribution in [3.05, 3.63) is 42.4 Å². The van der Waals surface area contributed by atoms with Crippen molar-refractivity contribution < 1.29 is 4.79 Å². The lowest BCUT2D eigenvalue weighted by Gasteiger charge is -2.06. The van der Waals surface area contributed by atoms with Gasteiger partial charge in [0.2, 0.25) is 0 Å². The fourth-order valence-electron chi connectivity index (χ4n) is 1.69. The number of hydrogen-bond donors (Lipinski definition) is 0. The summed E-state index contributed by atoms with van der Waals surface area (Å²) in [6.45, 7) is 2.62. The molecule has 82 valence electrons. The predicted molar refractivity (Wildman–Crippen MR) is 63.5 cm³/mol. The zero-order chi connectivity index (χ0) is 11.5. The van der Waals surface area contributed by atoms with Crippen LogP contribution in [0, 0.1) is 0 Å². The molecule has 2 rings (SSSR count). The zero-order valence-electron chi connectivity index (χ0n) is 8.85.